The van der Waals surface area contributed by atoms with Crippen LogP contribution in [-0.2, 0) is 9.59 Å². The maximum absolute atomic E-state index is 13.0. The van der Waals surface area contributed by atoms with Gasteiger partial charge in [-0.15, -0.1) is 11.8 Å². The molecule has 0 spiro atoms. The molecule has 4 nitrogen and oxygen atoms in total. The lowest BCUT2D eigenvalue weighted by molar-refractivity contribution is -0.146. The summed E-state index contributed by atoms with van der Waals surface area (Å²) in [4.78, 5) is 24.1. The summed E-state index contributed by atoms with van der Waals surface area (Å²) in [6.45, 7) is 0. The van der Waals surface area contributed by atoms with E-state index in [1.54, 1.807) is 12.1 Å². The summed E-state index contributed by atoms with van der Waals surface area (Å²) in [6.07, 6.45) is 2.75. The van der Waals surface area contributed by atoms with Crippen LogP contribution in [0.1, 0.15) is 5.56 Å². The second-order valence-corrected chi connectivity index (χ2v) is 5.05. The van der Waals surface area contributed by atoms with E-state index in [1.807, 2.05) is 0 Å². The molecule has 6 heteroatoms. The van der Waals surface area contributed by atoms with Gasteiger partial charge in [0.05, 0.1) is 5.88 Å². The van der Waals surface area contributed by atoms with E-state index in [1.165, 1.54) is 40.9 Å². The van der Waals surface area contributed by atoms with Gasteiger partial charge in [0, 0.05) is 11.8 Å². The summed E-state index contributed by atoms with van der Waals surface area (Å²) in [5.74, 6) is -0.994. The Morgan fingerprint density at radius 2 is 2.26 bits per heavy atom. The fourth-order valence-corrected chi connectivity index (χ4v) is 2.89. The molecule has 1 aliphatic heterocycles. The van der Waals surface area contributed by atoms with Gasteiger partial charge in [-0.3, -0.25) is 4.79 Å². The van der Waals surface area contributed by atoms with E-state index in [0.717, 1.165) is 0 Å². The first kappa shape index (κ1) is 13.6. The molecule has 19 heavy (non-hydrogen) atoms. The highest BCUT2D eigenvalue weighted by atomic mass is 32.2. The Morgan fingerprint density at radius 1 is 1.47 bits per heavy atom. The number of hydrogen-bond donors (Lipinski definition) is 1. The number of thioether (sulfide) groups is 1. The van der Waals surface area contributed by atoms with Gasteiger partial charge in [0.1, 0.15) is 11.9 Å². The van der Waals surface area contributed by atoms with E-state index < -0.39 is 12.0 Å². The Hall–Kier alpha value is -1.82. The van der Waals surface area contributed by atoms with Crippen LogP contribution < -0.4 is 0 Å². The van der Waals surface area contributed by atoms with E-state index in [2.05, 4.69) is 0 Å². The second kappa shape index (κ2) is 5.88. The first-order valence-corrected chi connectivity index (χ1v) is 6.78. The van der Waals surface area contributed by atoms with Crippen molar-refractivity contribution in [2.45, 2.75) is 6.04 Å². The molecule has 1 amide bonds. The molecule has 1 fully saturated rings. The summed E-state index contributed by atoms with van der Waals surface area (Å²) in [5, 5.41) is 8.97. The van der Waals surface area contributed by atoms with Gasteiger partial charge in [-0.2, -0.15) is 0 Å². The van der Waals surface area contributed by atoms with Gasteiger partial charge >= 0.3 is 5.97 Å². The van der Waals surface area contributed by atoms with Crippen LogP contribution >= 0.6 is 11.8 Å². The summed E-state index contributed by atoms with van der Waals surface area (Å²) in [5.41, 5.74) is 0.562. The molecular formula is C13H12FNO3S. The minimum atomic E-state index is -1.00. The zero-order valence-corrected chi connectivity index (χ0v) is 10.8. The molecule has 1 atom stereocenters. The maximum atomic E-state index is 13.0. The Bertz CT molecular complexity index is 532. The molecule has 100 valence electrons. The molecule has 0 radical (unpaired) electrons. The predicted octanol–water partition coefficient (Wildman–Crippen LogP) is 1.82. The minimum absolute atomic E-state index is 0.364. The standard InChI is InChI=1S/C13H12FNO3S/c14-10-3-1-2-9(6-10)4-5-12(16)15-8-19-7-11(15)13(17)18/h1-6,11H,7-8H2,(H,17,18)/b5-4+. The minimum Gasteiger partial charge on any atom is -0.480 e. The number of nitrogens with zero attached hydrogens (tertiary/aromatic N) is 1. The number of benzene rings is 1. The predicted molar refractivity (Wildman–Crippen MR) is 71.0 cm³/mol. The topological polar surface area (TPSA) is 57.6 Å². The monoisotopic (exact) mass is 281 g/mol. The Labute approximate surface area is 113 Å². The van der Waals surface area contributed by atoms with Crippen molar-refractivity contribution in [3.05, 3.63) is 41.7 Å². The molecule has 0 bridgehead atoms. The Balaban J connectivity index is 2.06. The van der Waals surface area contributed by atoms with E-state index in [-0.39, 0.29) is 11.7 Å². The van der Waals surface area contributed by atoms with E-state index in [9.17, 15) is 14.0 Å². The van der Waals surface area contributed by atoms with Crippen molar-refractivity contribution in [3.63, 3.8) is 0 Å². The van der Waals surface area contributed by atoms with Crippen LogP contribution in [0.5, 0.6) is 0 Å². The van der Waals surface area contributed by atoms with Crippen molar-refractivity contribution in [3.8, 4) is 0 Å². The highest BCUT2D eigenvalue weighted by Crippen LogP contribution is 2.21. The highest BCUT2D eigenvalue weighted by Gasteiger charge is 2.33. The van der Waals surface area contributed by atoms with E-state index >= 15 is 0 Å². The van der Waals surface area contributed by atoms with Crippen molar-refractivity contribution in [1.82, 2.24) is 4.90 Å². The van der Waals surface area contributed by atoms with Gasteiger partial charge in [-0.05, 0) is 23.8 Å². The number of carbonyl (C=O) groups excluding carboxylic acids is 1. The molecule has 1 aliphatic rings. The molecule has 1 aromatic carbocycles. The molecule has 1 unspecified atom stereocenters. The van der Waals surface area contributed by atoms with E-state index in [4.69, 9.17) is 5.11 Å². The molecule has 0 saturated carbocycles. The Morgan fingerprint density at radius 3 is 2.95 bits per heavy atom. The molecule has 1 saturated heterocycles. The molecule has 0 aliphatic carbocycles. The molecule has 1 aromatic rings. The van der Waals surface area contributed by atoms with Crippen LogP contribution in [0.3, 0.4) is 0 Å². The van der Waals surface area contributed by atoms with Gasteiger partial charge in [0.2, 0.25) is 5.91 Å². The fourth-order valence-electron chi connectivity index (χ4n) is 1.74. The number of carbonyl (C=O) groups is 2. The number of aliphatic carboxylic acids is 1. The average molecular weight is 281 g/mol. The second-order valence-electron chi connectivity index (χ2n) is 4.05. The fraction of sp³-hybridized carbons (Fsp3) is 0.231. The van der Waals surface area contributed by atoms with Crippen LogP contribution in [0.2, 0.25) is 0 Å². The highest BCUT2D eigenvalue weighted by molar-refractivity contribution is 7.99. The van der Waals surface area contributed by atoms with Crippen molar-refractivity contribution in [2.24, 2.45) is 0 Å². The van der Waals surface area contributed by atoms with Crippen LogP contribution in [0, 0.1) is 5.82 Å². The lowest BCUT2D eigenvalue weighted by atomic mass is 10.2. The van der Waals surface area contributed by atoms with Gasteiger partial charge < -0.3 is 10.0 Å². The summed E-state index contributed by atoms with van der Waals surface area (Å²) < 4.78 is 13.0. The number of amides is 1. The molecular weight excluding hydrogens is 269 g/mol. The quantitative estimate of drug-likeness (QED) is 0.859. The van der Waals surface area contributed by atoms with Crippen LogP contribution in [0.4, 0.5) is 4.39 Å². The number of carboxylic acids is 1. The zero-order valence-electron chi connectivity index (χ0n) is 9.95. The third-order valence-electron chi connectivity index (χ3n) is 2.72. The lowest BCUT2D eigenvalue weighted by Crippen LogP contribution is -2.40. The SMILES string of the molecule is O=C(O)C1CSCN1C(=O)/C=C/c1cccc(F)c1. The van der Waals surface area contributed by atoms with Crippen LogP contribution in [0.15, 0.2) is 30.3 Å². The van der Waals surface area contributed by atoms with Crippen molar-refractivity contribution in [2.75, 3.05) is 11.6 Å². The zero-order chi connectivity index (χ0) is 13.8. The summed E-state index contributed by atoms with van der Waals surface area (Å²) in [7, 11) is 0. The van der Waals surface area contributed by atoms with Crippen molar-refractivity contribution >= 4 is 29.7 Å². The third kappa shape index (κ3) is 3.35. The molecule has 1 N–H and O–H groups in total. The lowest BCUT2D eigenvalue weighted by Gasteiger charge is -2.18. The summed E-state index contributed by atoms with van der Waals surface area (Å²) >= 11 is 1.40. The van der Waals surface area contributed by atoms with Gasteiger partial charge in [0.25, 0.3) is 0 Å². The first-order valence-electron chi connectivity index (χ1n) is 5.63. The third-order valence-corrected chi connectivity index (χ3v) is 3.73. The summed E-state index contributed by atoms with van der Waals surface area (Å²) in [6, 6.07) is 5.05. The molecule has 0 aromatic heterocycles. The van der Waals surface area contributed by atoms with Crippen molar-refractivity contribution in [1.29, 1.82) is 0 Å². The number of halogens is 1. The first-order chi connectivity index (χ1) is 9.08. The number of hydrogen-bond acceptors (Lipinski definition) is 3. The number of rotatable bonds is 3. The molecule has 2 rings (SSSR count). The van der Waals surface area contributed by atoms with Crippen LogP contribution in [-0.4, -0.2) is 39.6 Å². The normalized spacial score (nSPS) is 19.0. The van der Waals surface area contributed by atoms with Crippen LogP contribution in [0.25, 0.3) is 6.08 Å². The maximum Gasteiger partial charge on any atom is 0.327 e. The van der Waals surface area contributed by atoms with Gasteiger partial charge in [-0.25, -0.2) is 9.18 Å². The van der Waals surface area contributed by atoms with Gasteiger partial charge in [-0.1, -0.05) is 12.1 Å². The average Bonchev–Trinajstić information content (AvgIpc) is 2.85. The van der Waals surface area contributed by atoms with E-state index in [0.29, 0.717) is 17.2 Å². The van der Waals surface area contributed by atoms with Crippen molar-refractivity contribution < 1.29 is 19.1 Å². The smallest absolute Gasteiger partial charge is 0.327 e. The van der Waals surface area contributed by atoms with Gasteiger partial charge in [0.15, 0.2) is 0 Å². The largest absolute Gasteiger partial charge is 0.480 e. The Kier molecular flexibility index (Phi) is 4.21. The molecule has 1 heterocycles. The number of carboxylic acid groups (broad SMARTS) is 1.